The molecule has 1 fully saturated rings. The highest BCUT2D eigenvalue weighted by atomic mass is 17.2. The number of aliphatic imine (C=N–C) groups is 1. The van der Waals surface area contributed by atoms with Gasteiger partial charge in [-0.05, 0) is 50.5 Å². The van der Waals surface area contributed by atoms with Crippen LogP contribution in [0.4, 0.5) is 0 Å². The molecule has 1 saturated carbocycles. The van der Waals surface area contributed by atoms with Crippen molar-refractivity contribution in [3.05, 3.63) is 64.3 Å². The molecule has 1 aliphatic carbocycles. The Balaban J connectivity index is 1.22. The molecule has 244 valence electrons. The summed E-state index contributed by atoms with van der Waals surface area (Å²) in [6, 6.07) is 4.67. The predicted molar refractivity (Wildman–Crippen MR) is 164 cm³/mol. The van der Waals surface area contributed by atoms with Crippen LogP contribution < -0.4 is 10.2 Å². The molecule has 7 atom stereocenters. The van der Waals surface area contributed by atoms with E-state index >= 15 is 0 Å². The van der Waals surface area contributed by atoms with Gasteiger partial charge in [0, 0.05) is 36.9 Å². The average molecular weight is 627 g/mol. The number of benzene rings is 1. The minimum Gasteiger partial charge on any atom is -0.484 e. The standard InChI is InChI=1S/C33H42N2O10/c1-19-12-25(37)22-13-20-14-30(32(2,21-6-4-3-5-7-21)44-27(20)15-28(22)43-19)45-42-17-29(39)33(41,31(40)26(38)16-36)18-35-11-9-23-24(35)8-10-34-23/h8-13,15,21,24,26,29-31,36,38-41H,3-7,14,16-18H2,1-2H3. The highest BCUT2D eigenvalue weighted by Crippen LogP contribution is 2.45. The van der Waals surface area contributed by atoms with Crippen molar-refractivity contribution in [1.29, 1.82) is 0 Å². The van der Waals surface area contributed by atoms with Gasteiger partial charge in [0.15, 0.2) is 5.43 Å². The number of aryl methyl sites for hydroxylation is 1. The Labute approximate surface area is 260 Å². The third kappa shape index (κ3) is 5.96. The normalized spacial score (nSPS) is 27.9. The van der Waals surface area contributed by atoms with Gasteiger partial charge in [0.05, 0.1) is 30.3 Å². The zero-order chi connectivity index (χ0) is 31.9. The molecule has 3 aliphatic heterocycles. The topological polar surface area (TPSA) is 175 Å². The monoisotopic (exact) mass is 626 g/mol. The van der Waals surface area contributed by atoms with Crippen LogP contribution in [-0.2, 0) is 16.2 Å². The van der Waals surface area contributed by atoms with Crippen LogP contribution in [0.2, 0.25) is 0 Å². The minimum absolute atomic E-state index is 0.147. The summed E-state index contributed by atoms with van der Waals surface area (Å²) < 4.78 is 12.5. The number of aliphatic hydroxyl groups is 5. The van der Waals surface area contributed by atoms with Crippen molar-refractivity contribution in [1.82, 2.24) is 4.90 Å². The number of ether oxygens (including phenoxy) is 1. The summed E-state index contributed by atoms with van der Waals surface area (Å²) >= 11 is 0. The highest BCUT2D eigenvalue weighted by molar-refractivity contribution is 6.04. The van der Waals surface area contributed by atoms with Crippen molar-refractivity contribution in [2.24, 2.45) is 10.9 Å². The second-order valence-electron chi connectivity index (χ2n) is 12.9. The first-order valence-corrected chi connectivity index (χ1v) is 15.6. The van der Waals surface area contributed by atoms with E-state index in [0.29, 0.717) is 28.9 Å². The van der Waals surface area contributed by atoms with Crippen LogP contribution in [0.5, 0.6) is 5.75 Å². The molecule has 0 radical (unpaired) electrons. The average Bonchev–Trinajstić information content (AvgIpc) is 3.65. The lowest BCUT2D eigenvalue weighted by atomic mass is 9.72. The molecular formula is C33H42N2O10. The van der Waals surface area contributed by atoms with Crippen molar-refractivity contribution in [2.45, 2.75) is 94.0 Å². The molecule has 6 rings (SSSR count). The van der Waals surface area contributed by atoms with Crippen LogP contribution in [0.15, 0.2) is 57.0 Å². The van der Waals surface area contributed by atoms with E-state index < -0.39 is 48.8 Å². The summed E-state index contributed by atoms with van der Waals surface area (Å²) in [7, 11) is 0. The fourth-order valence-electron chi connectivity index (χ4n) is 7.13. The number of fused-ring (bicyclic) bond motifs is 3. The number of rotatable bonds is 11. The first kappa shape index (κ1) is 31.9. The van der Waals surface area contributed by atoms with E-state index in [4.69, 9.17) is 18.9 Å². The van der Waals surface area contributed by atoms with Gasteiger partial charge in [-0.1, -0.05) is 19.3 Å². The molecule has 4 aliphatic rings. The van der Waals surface area contributed by atoms with Crippen LogP contribution >= 0.6 is 0 Å². The van der Waals surface area contributed by atoms with E-state index in [1.165, 1.54) is 6.07 Å². The maximum Gasteiger partial charge on any atom is 0.192 e. The number of hydrogen-bond donors (Lipinski definition) is 5. The molecule has 0 amide bonds. The maximum absolute atomic E-state index is 12.7. The number of nitrogens with zero attached hydrogens (tertiary/aromatic N) is 2. The van der Waals surface area contributed by atoms with E-state index in [1.807, 2.05) is 6.92 Å². The number of hydrogen-bond acceptors (Lipinski definition) is 12. The van der Waals surface area contributed by atoms with Gasteiger partial charge in [-0.3, -0.25) is 9.79 Å². The van der Waals surface area contributed by atoms with Crippen LogP contribution in [0, 0.1) is 12.8 Å². The molecule has 2 aromatic rings. The van der Waals surface area contributed by atoms with Crippen molar-refractivity contribution >= 4 is 16.7 Å². The fourth-order valence-corrected chi connectivity index (χ4v) is 7.13. The molecule has 0 spiro atoms. The van der Waals surface area contributed by atoms with Gasteiger partial charge in [-0.2, -0.15) is 0 Å². The summed E-state index contributed by atoms with van der Waals surface area (Å²) in [4.78, 5) is 30.2. The van der Waals surface area contributed by atoms with Gasteiger partial charge in [0.1, 0.15) is 59.3 Å². The smallest absolute Gasteiger partial charge is 0.192 e. The summed E-state index contributed by atoms with van der Waals surface area (Å²) in [6.45, 7) is 2.03. The molecule has 5 N–H and O–H groups in total. The van der Waals surface area contributed by atoms with Crippen molar-refractivity contribution in [2.75, 3.05) is 19.8 Å². The molecule has 12 heteroatoms. The molecule has 4 heterocycles. The quantitative estimate of drug-likeness (QED) is 0.181. The van der Waals surface area contributed by atoms with Gasteiger partial charge in [-0.25, -0.2) is 9.78 Å². The molecule has 0 saturated heterocycles. The fraction of sp³-hybridized carbons (Fsp3) is 0.576. The molecule has 1 aromatic carbocycles. The molecular weight excluding hydrogens is 584 g/mol. The summed E-state index contributed by atoms with van der Waals surface area (Å²) in [6.07, 6.45) is 6.34. The van der Waals surface area contributed by atoms with Crippen molar-refractivity contribution < 1.29 is 44.5 Å². The largest absolute Gasteiger partial charge is 0.484 e. The lowest BCUT2D eigenvalue weighted by Crippen LogP contribution is -2.64. The van der Waals surface area contributed by atoms with E-state index in [9.17, 15) is 30.3 Å². The number of β-amino-alcohol motifs (C(OH)–C–C–N with tert-alkyl or cyclic N) is 1. The first-order valence-electron chi connectivity index (χ1n) is 15.6. The third-order valence-corrected chi connectivity index (χ3v) is 9.90. The third-order valence-electron chi connectivity index (χ3n) is 9.90. The second-order valence-corrected chi connectivity index (χ2v) is 12.9. The summed E-state index contributed by atoms with van der Waals surface area (Å²) in [5.41, 5.74) is -1.35. The Kier molecular flexibility index (Phi) is 8.92. The van der Waals surface area contributed by atoms with E-state index in [2.05, 4.69) is 4.99 Å². The number of aliphatic hydroxyl groups excluding tert-OH is 4. The Morgan fingerprint density at radius 3 is 2.71 bits per heavy atom. The second kappa shape index (κ2) is 12.6. The Hall–Kier alpha value is -3.10. The van der Waals surface area contributed by atoms with Gasteiger partial charge in [-0.15, -0.1) is 0 Å². The van der Waals surface area contributed by atoms with Crippen LogP contribution in [0.1, 0.15) is 50.4 Å². The molecule has 12 nitrogen and oxygen atoms in total. The Morgan fingerprint density at radius 1 is 1.18 bits per heavy atom. The lowest BCUT2D eigenvalue weighted by Gasteiger charge is -2.47. The van der Waals surface area contributed by atoms with Crippen LogP contribution in [-0.4, -0.2) is 97.6 Å². The Bertz CT molecular complexity index is 1550. The Morgan fingerprint density at radius 2 is 1.96 bits per heavy atom. The van der Waals surface area contributed by atoms with E-state index in [0.717, 1.165) is 43.4 Å². The first-order chi connectivity index (χ1) is 21.5. The zero-order valence-electron chi connectivity index (χ0n) is 25.5. The summed E-state index contributed by atoms with van der Waals surface area (Å²) in [5, 5.41) is 54.0. The molecule has 7 unspecified atom stereocenters. The van der Waals surface area contributed by atoms with Gasteiger partial charge < -0.3 is 39.6 Å². The van der Waals surface area contributed by atoms with Crippen molar-refractivity contribution in [3.63, 3.8) is 0 Å². The summed E-state index contributed by atoms with van der Waals surface area (Å²) in [5.74, 6) is 1.27. The van der Waals surface area contributed by atoms with Crippen LogP contribution in [0.3, 0.4) is 0 Å². The zero-order valence-corrected chi connectivity index (χ0v) is 25.5. The SMILES string of the molecule is Cc1cc(=O)c2cc3c(cc2o1)OC(C)(C1CCCCC1)C(OOCC(O)C(O)(CN1C=CC2=NC=CC21)C(O)C(O)CO)C3. The predicted octanol–water partition coefficient (Wildman–Crippen LogP) is 1.66. The van der Waals surface area contributed by atoms with Crippen LogP contribution in [0.25, 0.3) is 11.0 Å². The van der Waals surface area contributed by atoms with Gasteiger partial charge in [0.2, 0.25) is 0 Å². The highest BCUT2D eigenvalue weighted by Gasteiger charge is 2.51. The van der Waals surface area contributed by atoms with E-state index in [1.54, 1.807) is 48.5 Å². The lowest BCUT2D eigenvalue weighted by molar-refractivity contribution is -0.369. The molecule has 1 aromatic heterocycles. The maximum atomic E-state index is 12.7. The minimum atomic E-state index is -2.32. The van der Waals surface area contributed by atoms with Gasteiger partial charge in [0.25, 0.3) is 0 Å². The molecule has 45 heavy (non-hydrogen) atoms. The van der Waals surface area contributed by atoms with Crippen molar-refractivity contribution in [3.8, 4) is 5.75 Å². The molecule has 0 bridgehead atoms. The van der Waals surface area contributed by atoms with Gasteiger partial charge >= 0.3 is 0 Å². The van der Waals surface area contributed by atoms with E-state index in [-0.39, 0.29) is 23.9 Å².